The molecule has 0 aliphatic heterocycles. The van der Waals surface area contributed by atoms with Gasteiger partial charge in [0.05, 0.1) is 16.7 Å². The molecule has 0 spiro atoms. The van der Waals surface area contributed by atoms with E-state index in [2.05, 4.69) is 4.98 Å². The Morgan fingerprint density at radius 3 is 2.76 bits per heavy atom. The summed E-state index contributed by atoms with van der Waals surface area (Å²) in [7, 11) is 0. The Morgan fingerprint density at radius 1 is 1.18 bits per heavy atom. The third kappa shape index (κ3) is 2.88. The first kappa shape index (κ1) is 11.7. The van der Waals surface area contributed by atoms with Crippen molar-refractivity contribution in [3.8, 4) is 17.7 Å². The Hall–Kier alpha value is -1.76. The van der Waals surface area contributed by atoms with E-state index in [0.717, 1.165) is 0 Å². The largest absolute Gasteiger partial charge is 0.437 e. The number of nitriles is 1. The van der Waals surface area contributed by atoms with Gasteiger partial charge in [-0.15, -0.1) is 0 Å². The molecule has 84 valence electrons. The lowest BCUT2D eigenvalue weighted by Crippen LogP contribution is -1.89. The number of pyridine rings is 1. The maximum absolute atomic E-state index is 8.75. The minimum atomic E-state index is 0.299. The fraction of sp³-hybridized carbons (Fsp3) is 0. The highest BCUT2D eigenvalue weighted by molar-refractivity contribution is 6.34. The van der Waals surface area contributed by atoms with Gasteiger partial charge < -0.3 is 4.74 Å². The highest BCUT2D eigenvalue weighted by atomic mass is 35.5. The van der Waals surface area contributed by atoms with Crippen LogP contribution in [0, 0.1) is 11.3 Å². The van der Waals surface area contributed by atoms with Gasteiger partial charge in [-0.05, 0) is 18.2 Å². The summed E-state index contributed by atoms with van der Waals surface area (Å²) in [5.74, 6) is 0.704. The third-order valence-corrected chi connectivity index (χ3v) is 2.52. The SMILES string of the molecule is N#Cc1ccnc(Oc2cc(Cl)ccc2Cl)c1. The molecule has 1 heterocycles. The number of nitrogens with zero attached hydrogens (tertiary/aromatic N) is 2. The molecule has 2 rings (SSSR count). The van der Waals surface area contributed by atoms with Gasteiger partial charge in [0, 0.05) is 23.4 Å². The van der Waals surface area contributed by atoms with Crippen LogP contribution < -0.4 is 4.74 Å². The van der Waals surface area contributed by atoms with Crippen molar-refractivity contribution < 1.29 is 4.74 Å². The normalized spacial score (nSPS) is 9.71. The fourth-order valence-electron chi connectivity index (χ4n) is 1.20. The van der Waals surface area contributed by atoms with Gasteiger partial charge in [0.25, 0.3) is 0 Å². The van der Waals surface area contributed by atoms with Crippen LogP contribution in [0.15, 0.2) is 36.5 Å². The zero-order valence-electron chi connectivity index (χ0n) is 8.52. The Labute approximate surface area is 108 Å². The van der Waals surface area contributed by atoms with E-state index in [-0.39, 0.29) is 0 Å². The molecule has 2 aromatic rings. The van der Waals surface area contributed by atoms with E-state index in [9.17, 15) is 0 Å². The monoisotopic (exact) mass is 264 g/mol. The van der Waals surface area contributed by atoms with Crippen LogP contribution in [-0.2, 0) is 0 Å². The minimum Gasteiger partial charge on any atom is -0.437 e. The predicted octanol–water partition coefficient (Wildman–Crippen LogP) is 4.05. The summed E-state index contributed by atoms with van der Waals surface area (Å²) in [5, 5.41) is 9.69. The summed E-state index contributed by atoms with van der Waals surface area (Å²) in [5.41, 5.74) is 0.466. The second-order valence-corrected chi connectivity index (χ2v) is 4.01. The van der Waals surface area contributed by atoms with Crippen molar-refractivity contribution >= 4 is 23.2 Å². The fourth-order valence-corrected chi connectivity index (χ4v) is 1.52. The first-order valence-corrected chi connectivity index (χ1v) is 5.43. The van der Waals surface area contributed by atoms with Crippen LogP contribution in [0.2, 0.25) is 10.0 Å². The van der Waals surface area contributed by atoms with Gasteiger partial charge in [-0.3, -0.25) is 0 Å². The van der Waals surface area contributed by atoms with E-state index < -0.39 is 0 Å². The molecule has 0 unspecified atom stereocenters. The molecule has 0 saturated heterocycles. The van der Waals surface area contributed by atoms with Crippen LogP contribution in [0.1, 0.15) is 5.56 Å². The topological polar surface area (TPSA) is 45.9 Å². The Bertz CT molecular complexity index is 593. The highest BCUT2D eigenvalue weighted by Crippen LogP contribution is 2.31. The van der Waals surface area contributed by atoms with Gasteiger partial charge in [-0.1, -0.05) is 23.2 Å². The van der Waals surface area contributed by atoms with E-state index >= 15 is 0 Å². The predicted molar refractivity (Wildman–Crippen MR) is 65.5 cm³/mol. The molecule has 1 aromatic carbocycles. The van der Waals surface area contributed by atoms with Crippen molar-refractivity contribution in [2.75, 3.05) is 0 Å². The molecular weight excluding hydrogens is 259 g/mol. The summed E-state index contributed by atoms with van der Waals surface area (Å²) in [4.78, 5) is 3.98. The summed E-state index contributed by atoms with van der Waals surface area (Å²) in [6.07, 6.45) is 1.49. The molecule has 0 aliphatic carbocycles. The number of hydrogen-bond acceptors (Lipinski definition) is 3. The lowest BCUT2D eigenvalue weighted by Gasteiger charge is -2.06. The van der Waals surface area contributed by atoms with Crippen molar-refractivity contribution in [1.82, 2.24) is 4.98 Å². The van der Waals surface area contributed by atoms with Crippen LogP contribution in [0.5, 0.6) is 11.6 Å². The van der Waals surface area contributed by atoms with Crippen molar-refractivity contribution in [3.05, 3.63) is 52.1 Å². The molecule has 3 nitrogen and oxygen atoms in total. The molecule has 5 heteroatoms. The van der Waals surface area contributed by atoms with Crippen molar-refractivity contribution in [2.45, 2.75) is 0 Å². The van der Waals surface area contributed by atoms with E-state index in [1.54, 1.807) is 24.3 Å². The lowest BCUT2D eigenvalue weighted by atomic mass is 10.3. The second kappa shape index (κ2) is 5.05. The first-order chi connectivity index (χ1) is 8.19. The molecule has 0 aliphatic rings. The average Bonchev–Trinajstić information content (AvgIpc) is 2.34. The van der Waals surface area contributed by atoms with Gasteiger partial charge in [0.15, 0.2) is 0 Å². The van der Waals surface area contributed by atoms with Crippen LogP contribution in [0.4, 0.5) is 0 Å². The third-order valence-electron chi connectivity index (χ3n) is 1.97. The van der Waals surface area contributed by atoms with Gasteiger partial charge in [-0.25, -0.2) is 4.98 Å². The van der Waals surface area contributed by atoms with E-state index in [0.29, 0.717) is 27.2 Å². The molecule has 0 N–H and O–H groups in total. The standard InChI is InChI=1S/C12H6Cl2N2O/c13-9-1-2-10(14)11(6-9)17-12-5-8(7-15)3-4-16-12/h1-6H. The number of rotatable bonds is 2. The van der Waals surface area contributed by atoms with Crippen LogP contribution in [-0.4, -0.2) is 4.98 Å². The van der Waals surface area contributed by atoms with Crippen molar-refractivity contribution in [3.63, 3.8) is 0 Å². The zero-order chi connectivity index (χ0) is 12.3. The quantitative estimate of drug-likeness (QED) is 0.822. The molecule has 0 fully saturated rings. The second-order valence-electron chi connectivity index (χ2n) is 3.17. The van der Waals surface area contributed by atoms with Crippen LogP contribution >= 0.6 is 23.2 Å². The van der Waals surface area contributed by atoms with Crippen LogP contribution in [0.3, 0.4) is 0 Å². The summed E-state index contributed by atoms with van der Waals surface area (Å²) < 4.78 is 5.45. The Balaban J connectivity index is 2.31. The van der Waals surface area contributed by atoms with E-state index in [1.807, 2.05) is 6.07 Å². The van der Waals surface area contributed by atoms with Crippen LogP contribution in [0.25, 0.3) is 0 Å². The zero-order valence-corrected chi connectivity index (χ0v) is 10.0. The smallest absolute Gasteiger partial charge is 0.220 e. The van der Waals surface area contributed by atoms with Gasteiger partial charge in [-0.2, -0.15) is 5.26 Å². The summed E-state index contributed by atoms with van der Waals surface area (Å²) in [6, 6.07) is 10.00. The van der Waals surface area contributed by atoms with Gasteiger partial charge in [0.2, 0.25) is 5.88 Å². The van der Waals surface area contributed by atoms with E-state index in [1.165, 1.54) is 12.3 Å². The maximum atomic E-state index is 8.75. The Morgan fingerprint density at radius 2 is 2.00 bits per heavy atom. The number of aromatic nitrogens is 1. The molecule has 0 bridgehead atoms. The number of benzene rings is 1. The van der Waals surface area contributed by atoms with Gasteiger partial charge >= 0.3 is 0 Å². The molecule has 0 atom stereocenters. The molecule has 17 heavy (non-hydrogen) atoms. The highest BCUT2D eigenvalue weighted by Gasteiger charge is 2.05. The lowest BCUT2D eigenvalue weighted by molar-refractivity contribution is 0.463. The molecule has 0 amide bonds. The Kier molecular flexibility index (Phi) is 3.48. The average molecular weight is 265 g/mol. The first-order valence-electron chi connectivity index (χ1n) is 4.68. The maximum Gasteiger partial charge on any atom is 0.220 e. The molecule has 1 aromatic heterocycles. The van der Waals surface area contributed by atoms with E-state index in [4.69, 9.17) is 33.2 Å². The molecule has 0 saturated carbocycles. The van der Waals surface area contributed by atoms with Crippen molar-refractivity contribution in [1.29, 1.82) is 5.26 Å². The molecule has 0 radical (unpaired) electrons. The number of halogens is 2. The minimum absolute atomic E-state index is 0.299. The molecular formula is C12H6Cl2N2O. The van der Waals surface area contributed by atoms with Crippen molar-refractivity contribution in [2.24, 2.45) is 0 Å². The number of hydrogen-bond donors (Lipinski definition) is 0. The summed E-state index contributed by atoms with van der Waals surface area (Å²) in [6.45, 7) is 0. The van der Waals surface area contributed by atoms with Gasteiger partial charge in [0.1, 0.15) is 5.75 Å². The summed E-state index contributed by atoms with van der Waals surface area (Å²) >= 11 is 11.8. The number of ether oxygens (including phenoxy) is 1.